The van der Waals surface area contributed by atoms with Gasteiger partial charge < -0.3 is 0 Å². The highest BCUT2D eigenvalue weighted by Crippen LogP contribution is 2.26. The molecule has 0 amide bonds. The van der Waals surface area contributed by atoms with Crippen molar-refractivity contribution in [2.75, 3.05) is 0 Å². The first-order valence-corrected chi connectivity index (χ1v) is 7.17. The quantitative estimate of drug-likeness (QED) is 0.577. The maximum atomic E-state index is 2.24. The molecule has 92 valence electrons. The summed E-state index contributed by atoms with van der Waals surface area (Å²) in [6.45, 7) is 0. The van der Waals surface area contributed by atoms with Gasteiger partial charge in [0.1, 0.15) is 0 Å². The van der Waals surface area contributed by atoms with Gasteiger partial charge in [-0.05, 0) is 34.2 Å². The normalized spacial score (nSPS) is 10.9. The van der Waals surface area contributed by atoms with Crippen molar-refractivity contribution in [2.24, 2.45) is 0 Å². The van der Waals surface area contributed by atoms with E-state index in [9.17, 15) is 0 Å². The monoisotopic (exact) mass is 262 g/mol. The van der Waals surface area contributed by atoms with Crippen LogP contribution < -0.4 is 0 Å². The Labute approximate surface area is 117 Å². The van der Waals surface area contributed by atoms with Gasteiger partial charge in [-0.3, -0.25) is 0 Å². The summed E-state index contributed by atoms with van der Waals surface area (Å²) in [6, 6.07) is 23.1. The van der Waals surface area contributed by atoms with E-state index in [0.29, 0.717) is 0 Å². The molecule has 0 nitrogen and oxygen atoms in total. The van der Waals surface area contributed by atoms with Gasteiger partial charge in [0, 0.05) is 4.88 Å². The van der Waals surface area contributed by atoms with Gasteiger partial charge in [0.15, 0.2) is 0 Å². The summed E-state index contributed by atoms with van der Waals surface area (Å²) < 4.78 is 0. The molecule has 19 heavy (non-hydrogen) atoms. The van der Waals surface area contributed by atoms with Crippen molar-refractivity contribution in [3.63, 3.8) is 0 Å². The highest BCUT2D eigenvalue weighted by Gasteiger charge is 1.99. The molecule has 0 N–H and O–H groups in total. The lowest BCUT2D eigenvalue weighted by Gasteiger charge is -1.94. The Morgan fingerprint density at radius 3 is 2.11 bits per heavy atom. The van der Waals surface area contributed by atoms with Crippen molar-refractivity contribution in [1.29, 1.82) is 0 Å². The van der Waals surface area contributed by atoms with E-state index in [1.165, 1.54) is 21.6 Å². The van der Waals surface area contributed by atoms with Gasteiger partial charge in [-0.15, -0.1) is 11.3 Å². The van der Waals surface area contributed by atoms with Gasteiger partial charge in [-0.2, -0.15) is 0 Å². The molecule has 1 heteroatoms. The first-order valence-electron chi connectivity index (χ1n) is 6.29. The van der Waals surface area contributed by atoms with Crippen LogP contribution in [0.4, 0.5) is 0 Å². The van der Waals surface area contributed by atoms with Crippen LogP contribution in [0, 0.1) is 0 Å². The summed E-state index contributed by atoms with van der Waals surface area (Å²) in [7, 11) is 0. The van der Waals surface area contributed by atoms with Gasteiger partial charge in [0.25, 0.3) is 0 Å². The molecule has 0 fully saturated rings. The summed E-state index contributed by atoms with van der Waals surface area (Å²) in [5.74, 6) is 0. The van der Waals surface area contributed by atoms with Gasteiger partial charge in [0.05, 0.1) is 0 Å². The van der Waals surface area contributed by atoms with Crippen LogP contribution >= 0.6 is 11.3 Å². The highest BCUT2D eigenvalue weighted by molar-refractivity contribution is 7.11. The fourth-order valence-electron chi connectivity index (χ4n) is 1.96. The average molecular weight is 262 g/mol. The Morgan fingerprint density at radius 1 is 0.684 bits per heavy atom. The molecular formula is C18H14S. The molecule has 0 aliphatic carbocycles. The van der Waals surface area contributed by atoms with E-state index in [-0.39, 0.29) is 0 Å². The van der Waals surface area contributed by atoms with Crippen LogP contribution in [0.2, 0.25) is 0 Å². The minimum absolute atomic E-state index is 1.23. The molecule has 0 spiro atoms. The molecule has 0 aliphatic heterocycles. The van der Waals surface area contributed by atoms with Crippen molar-refractivity contribution in [3.8, 4) is 11.1 Å². The zero-order valence-electron chi connectivity index (χ0n) is 10.5. The molecule has 1 aromatic heterocycles. The Balaban J connectivity index is 1.81. The maximum absolute atomic E-state index is 2.24. The van der Waals surface area contributed by atoms with Gasteiger partial charge in [-0.25, -0.2) is 0 Å². The molecule has 0 bridgehead atoms. The summed E-state index contributed by atoms with van der Waals surface area (Å²) in [6.07, 6.45) is 4.33. The predicted octanol–water partition coefficient (Wildman–Crippen LogP) is 5.59. The zero-order chi connectivity index (χ0) is 12.9. The predicted molar refractivity (Wildman–Crippen MR) is 85.1 cm³/mol. The molecule has 0 aliphatic rings. The van der Waals surface area contributed by atoms with E-state index >= 15 is 0 Å². The van der Waals surface area contributed by atoms with Crippen molar-refractivity contribution in [3.05, 3.63) is 82.6 Å². The highest BCUT2D eigenvalue weighted by atomic mass is 32.1. The molecule has 0 saturated heterocycles. The first-order chi connectivity index (χ1) is 9.42. The van der Waals surface area contributed by atoms with Crippen LogP contribution in [-0.4, -0.2) is 0 Å². The van der Waals surface area contributed by atoms with Crippen LogP contribution in [0.15, 0.2) is 72.1 Å². The fraction of sp³-hybridized carbons (Fsp3) is 0. The Kier molecular flexibility index (Phi) is 3.57. The largest absolute Gasteiger partial charge is 0.144 e. The van der Waals surface area contributed by atoms with Crippen molar-refractivity contribution < 1.29 is 0 Å². The van der Waals surface area contributed by atoms with Crippen LogP contribution in [0.3, 0.4) is 0 Å². The van der Waals surface area contributed by atoms with Gasteiger partial charge in [-0.1, -0.05) is 66.7 Å². The zero-order valence-corrected chi connectivity index (χ0v) is 11.3. The van der Waals surface area contributed by atoms with E-state index in [1.807, 2.05) is 12.1 Å². The molecular weight excluding hydrogens is 248 g/mol. The van der Waals surface area contributed by atoms with E-state index < -0.39 is 0 Å². The fourth-order valence-corrected chi connectivity index (χ4v) is 2.77. The summed E-state index contributed by atoms with van der Waals surface area (Å²) in [5.41, 5.74) is 3.80. The lowest BCUT2D eigenvalue weighted by molar-refractivity contribution is 1.66. The lowest BCUT2D eigenvalue weighted by Crippen LogP contribution is -1.70. The third-order valence-corrected chi connectivity index (χ3v) is 3.86. The lowest BCUT2D eigenvalue weighted by atomic mass is 10.1. The second-order valence-electron chi connectivity index (χ2n) is 4.35. The van der Waals surface area contributed by atoms with Crippen molar-refractivity contribution in [1.82, 2.24) is 0 Å². The SMILES string of the molecule is C(=C\c1cc(-c2ccccc2)cs1)/c1ccccc1. The molecule has 3 rings (SSSR count). The minimum atomic E-state index is 1.23. The van der Waals surface area contributed by atoms with E-state index in [4.69, 9.17) is 0 Å². The van der Waals surface area contributed by atoms with Crippen molar-refractivity contribution in [2.45, 2.75) is 0 Å². The maximum Gasteiger partial charge on any atom is 0.0276 e. The van der Waals surface area contributed by atoms with Gasteiger partial charge in [0.2, 0.25) is 0 Å². The average Bonchev–Trinajstić information content (AvgIpc) is 2.96. The Bertz CT molecular complexity index is 663. The topological polar surface area (TPSA) is 0 Å². The van der Waals surface area contributed by atoms with Gasteiger partial charge >= 0.3 is 0 Å². The molecule has 2 aromatic carbocycles. The molecule has 1 heterocycles. The number of rotatable bonds is 3. The smallest absolute Gasteiger partial charge is 0.0276 e. The molecule has 0 saturated carbocycles. The van der Waals surface area contributed by atoms with Crippen LogP contribution in [0.5, 0.6) is 0 Å². The number of hydrogen-bond donors (Lipinski definition) is 0. The van der Waals surface area contributed by atoms with E-state index in [2.05, 4.69) is 72.1 Å². The number of benzene rings is 2. The van der Waals surface area contributed by atoms with Crippen LogP contribution in [0.25, 0.3) is 23.3 Å². The summed E-state index contributed by atoms with van der Waals surface area (Å²) in [5, 5.41) is 2.21. The number of thiophene rings is 1. The second kappa shape index (κ2) is 5.68. The third kappa shape index (κ3) is 3.01. The summed E-state index contributed by atoms with van der Waals surface area (Å²) >= 11 is 1.78. The standard InChI is InChI=1S/C18H14S/c1-3-7-15(8-4-1)11-12-18-13-17(14-19-18)16-9-5-2-6-10-16/h1-14H/b12-11+. The molecule has 0 atom stereocenters. The van der Waals surface area contributed by atoms with E-state index in [0.717, 1.165) is 0 Å². The Hall–Kier alpha value is -2.12. The third-order valence-electron chi connectivity index (χ3n) is 2.97. The number of hydrogen-bond acceptors (Lipinski definition) is 1. The van der Waals surface area contributed by atoms with Crippen molar-refractivity contribution >= 4 is 23.5 Å². The first kappa shape index (κ1) is 11.9. The molecule has 0 radical (unpaired) electrons. The van der Waals surface area contributed by atoms with Crippen LogP contribution in [0.1, 0.15) is 10.4 Å². The summed E-state index contributed by atoms with van der Waals surface area (Å²) in [4.78, 5) is 1.28. The Morgan fingerprint density at radius 2 is 1.37 bits per heavy atom. The molecule has 0 unspecified atom stereocenters. The van der Waals surface area contributed by atoms with E-state index in [1.54, 1.807) is 11.3 Å². The van der Waals surface area contributed by atoms with Crippen LogP contribution in [-0.2, 0) is 0 Å². The minimum Gasteiger partial charge on any atom is -0.144 e. The second-order valence-corrected chi connectivity index (χ2v) is 5.29. The molecule has 3 aromatic rings.